The summed E-state index contributed by atoms with van der Waals surface area (Å²) in [6.45, 7) is 0.786. The van der Waals surface area contributed by atoms with E-state index in [2.05, 4.69) is 10.1 Å². The van der Waals surface area contributed by atoms with E-state index in [0.29, 0.717) is 38.1 Å². The van der Waals surface area contributed by atoms with Crippen LogP contribution in [0.3, 0.4) is 0 Å². The van der Waals surface area contributed by atoms with Gasteiger partial charge in [0.15, 0.2) is 0 Å². The standard InChI is InChI=1S/C12H17N3O3S/c16-14-12-4-8-15(9-5-12)19(17,18)10-6-11-3-1-2-7-13-11/h1-3,7,16H,4-6,8-10H2. The fourth-order valence-electron chi connectivity index (χ4n) is 2.03. The zero-order valence-electron chi connectivity index (χ0n) is 10.6. The SMILES string of the molecule is O=S(=O)(CCc1ccccn1)N1CCC(=NO)CC1. The maximum Gasteiger partial charge on any atom is 0.214 e. The van der Waals surface area contributed by atoms with Crippen LogP contribution in [0.4, 0.5) is 0 Å². The predicted octanol–water partition coefficient (Wildman–Crippen LogP) is 0.880. The lowest BCUT2D eigenvalue weighted by atomic mass is 10.1. The maximum absolute atomic E-state index is 12.1. The van der Waals surface area contributed by atoms with Crippen LogP contribution in [0.5, 0.6) is 0 Å². The van der Waals surface area contributed by atoms with Crippen molar-refractivity contribution in [2.45, 2.75) is 19.3 Å². The van der Waals surface area contributed by atoms with Crippen molar-refractivity contribution >= 4 is 15.7 Å². The normalized spacial score (nSPS) is 17.4. The summed E-state index contributed by atoms with van der Waals surface area (Å²) in [7, 11) is -3.26. The van der Waals surface area contributed by atoms with E-state index in [1.165, 1.54) is 4.31 Å². The molecule has 0 radical (unpaired) electrons. The number of hydrogen-bond acceptors (Lipinski definition) is 5. The van der Waals surface area contributed by atoms with Crippen molar-refractivity contribution in [2.75, 3.05) is 18.8 Å². The summed E-state index contributed by atoms with van der Waals surface area (Å²) in [5.41, 5.74) is 1.44. The van der Waals surface area contributed by atoms with Crippen molar-refractivity contribution in [1.82, 2.24) is 9.29 Å². The molecular formula is C12H17N3O3S. The van der Waals surface area contributed by atoms with E-state index >= 15 is 0 Å². The van der Waals surface area contributed by atoms with Crippen LogP contribution < -0.4 is 0 Å². The van der Waals surface area contributed by atoms with Gasteiger partial charge in [-0.15, -0.1) is 0 Å². The lowest BCUT2D eigenvalue weighted by Crippen LogP contribution is -2.40. The average Bonchev–Trinajstić information content (AvgIpc) is 2.46. The van der Waals surface area contributed by atoms with Crippen LogP contribution in [0.15, 0.2) is 29.6 Å². The largest absolute Gasteiger partial charge is 0.411 e. The molecule has 19 heavy (non-hydrogen) atoms. The molecule has 0 aliphatic carbocycles. The van der Waals surface area contributed by atoms with E-state index in [1.807, 2.05) is 12.1 Å². The molecule has 1 aliphatic heterocycles. The predicted molar refractivity (Wildman–Crippen MR) is 71.8 cm³/mol. The molecule has 2 rings (SSSR count). The molecule has 0 amide bonds. The van der Waals surface area contributed by atoms with Crippen molar-refractivity contribution in [3.05, 3.63) is 30.1 Å². The van der Waals surface area contributed by atoms with Gasteiger partial charge >= 0.3 is 0 Å². The molecule has 0 unspecified atom stereocenters. The number of piperidine rings is 1. The van der Waals surface area contributed by atoms with Crippen LogP contribution in [-0.4, -0.2) is 47.5 Å². The zero-order chi connectivity index (χ0) is 13.7. The molecule has 7 heteroatoms. The summed E-state index contributed by atoms with van der Waals surface area (Å²) in [5.74, 6) is 0.0651. The molecule has 0 atom stereocenters. The van der Waals surface area contributed by atoms with E-state index < -0.39 is 10.0 Å². The molecule has 0 spiro atoms. The third-order valence-corrected chi connectivity index (χ3v) is 5.05. The monoisotopic (exact) mass is 283 g/mol. The van der Waals surface area contributed by atoms with Gasteiger partial charge in [-0.05, 0) is 12.1 Å². The Morgan fingerprint density at radius 3 is 2.63 bits per heavy atom. The molecule has 1 aromatic rings. The van der Waals surface area contributed by atoms with Crippen molar-refractivity contribution in [1.29, 1.82) is 0 Å². The molecule has 6 nitrogen and oxygen atoms in total. The molecule has 1 fully saturated rings. The number of aryl methyl sites for hydroxylation is 1. The zero-order valence-corrected chi connectivity index (χ0v) is 11.4. The maximum atomic E-state index is 12.1. The fraction of sp³-hybridized carbons (Fsp3) is 0.500. The highest BCUT2D eigenvalue weighted by Gasteiger charge is 2.26. The van der Waals surface area contributed by atoms with Crippen molar-refractivity contribution < 1.29 is 13.6 Å². The van der Waals surface area contributed by atoms with Gasteiger partial charge in [0, 0.05) is 44.2 Å². The van der Waals surface area contributed by atoms with E-state index in [-0.39, 0.29) is 5.75 Å². The summed E-state index contributed by atoms with van der Waals surface area (Å²) in [5, 5.41) is 11.8. The highest BCUT2D eigenvalue weighted by molar-refractivity contribution is 7.89. The summed E-state index contributed by atoms with van der Waals surface area (Å²) < 4.78 is 25.8. The summed E-state index contributed by atoms with van der Waals surface area (Å²) in [6.07, 6.45) is 3.08. The second-order valence-electron chi connectivity index (χ2n) is 4.45. The van der Waals surface area contributed by atoms with Gasteiger partial charge in [-0.2, -0.15) is 0 Å². The molecule has 1 saturated heterocycles. The number of rotatable bonds is 4. The Bertz CT molecular complexity index is 533. The van der Waals surface area contributed by atoms with Crippen molar-refractivity contribution in [2.24, 2.45) is 5.16 Å². The Labute approximate surface area is 112 Å². The van der Waals surface area contributed by atoms with Crippen molar-refractivity contribution in [3.63, 3.8) is 0 Å². The van der Waals surface area contributed by atoms with Crippen LogP contribution in [0.1, 0.15) is 18.5 Å². The minimum absolute atomic E-state index is 0.0651. The van der Waals surface area contributed by atoms with Gasteiger partial charge in [0.25, 0.3) is 0 Å². The van der Waals surface area contributed by atoms with Gasteiger partial charge in [-0.25, -0.2) is 12.7 Å². The first kappa shape index (κ1) is 14.0. The molecule has 0 bridgehead atoms. The number of pyridine rings is 1. The molecular weight excluding hydrogens is 266 g/mol. The van der Waals surface area contributed by atoms with Gasteiger partial charge in [0.1, 0.15) is 0 Å². The smallest absolute Gasteiger partial charge is 0.214 e. The number of sulfonamides is 1. The third kappa shape index (κ3) is 3.74. The lowest BCUT2D eigenvalue weighted by Gasteiger charge is -2.26. The minimum atomic E-state index is -3.26. The van der Waals surface area contributed by atoms with Gasteiger partial charge in [0.05, 0.1) is 11.5 Å². The first-order valence-electron chi connectivity index (χ1n) is 6.19. The molecule has 1 aliphatic rings. The first-order valence-corrected chi connectivity index (χ1v) is 7.80. The molecule has 0 saturated carbocycles. The molecule has 1 N–H and O–H groups in total. The molecule has 0 aromatic carbocycles. The van der Waals surface area contributed by atoms with Crippen LogP contribution in [0.25, 0.3) is 0 Å². The summed E-state index contributed by atoms with van der Waals surface area (Å²) in [6, 6.07) is 5.47. The highest BCUT2D eigenvalue weighted by atomic mass is 32.2. The topological polar surface area (TPSA) is 82.9 Å². The molecule has 1 aromatic heterocycles. The van der Waals surface area contributed by atoms with Gasteiger partial charge in [-0.3, -0.25) is 4.98 Å². The quantitative estimate of drug-likeness (QED) is 0.657. The van der Waals surface area contributed by atoms with Gasteiger partial charge < -0.3 is 5.21 Å². The minimum Gasteiger partial charge on any atom is -0.411 e. The second kappa shape index (κ2) is 6.12. The highest BCUT2D eigenvalue weighted by Crippen LogP contribution is 2.13. The molecule has 2 heterocycles. The average molecular weight is 283 g/mol. The van der Waals surface area contributed by atoms with Crippen LogP contribution in [0, 0.1) is 0 Å². The van der Waals surface area contributed by atoms with Crippen molar-refractivity contribution in [3.8, 4) is 0 Å². The number of oxime groups is 1. The Kier molecular flexibility index (Phi) is 4.49. The first-order chi connectivity index (χ1) is 9.12. The fourth-order valence-corrected chi connectivity index (χ4v) is 3.50. The van der Waals surface area contributed by atoms with Gasteiger partial charge in [-0.1, -0.05) is 11.2 Å². The second-order valence-corrected chi connectivity index (χ2v) is 6.54. The lowest BCUT2D eigenvalue weighted by molar-refractivity contribution is 0.310. The summed E-state index contributed by atoms with van der Waals surface area (Å²) in [4.78, 5) is 4.12. The summed E-state index contributed by atoms with van der Waals surface area (Å²) >= 11 is 0. The Morgan fingerprint density at radius 1 is 1.32 bits per heavy atom. The number of hydrogen-bond donors (Lipinski definition) is 1. The van der Waals surface area contributed by atoms with E-state index in [4.69, 9.17) is 5.21 Å². The van der Waals surface area contributed by atoms with Crippen LogP contribution in [0.2, 0.25) is 0 Å². The van der Waals surface area contributed by atoms with Crippen LogP contribution in [-0.2, 0) is 16.4 Å². The molecule has 104 valence electrons. The van der Waals surface area contributed by atoms with Gasteiger partial charge in [0.2, 0.25) is 10.0 Å². The van der Waals surface area contributed by atoms with E-state index in [0.717, 1.165) is 5.69 Å². The number of nitrogens with zero attached hydrogens (tertiary/aromatic N) is 3. The Hall–Kier alpha value is -1.47. The van der Waals surface area contributed by atoms with E-state index in [9.17, 15) is 8.42 Å². The number of aromatic nitrogens is 1. The Balaban J connectivity index is 1.92. The van der Waals surface area contributed by atoms with E-state index in [1.54, 1.807) is 12.3 Å². The Morgan fingerprint density at radius 2 is 2.05 bits per heavy atom. The van der Waals surface area contributed by atoms with Crippen LogP contribution >= 0.6 is 0 Å². The third-order valence-electron chi connectivity index (χ3n) is 3.18.